The van der Waals surface area contributed by atoms with E-state index in [2.05, 4.69) is 48.5 Å². The molecule has 0 heterocycles. The Bertz CT molecular complexity index is 471. The van der Waals surface area contributed by atoms with Gasteiger partial charge < -0.3 is 16.6 Å². The molecule has 0 saturated carbocycles. The maximum absolute atomic E-state index is 9.47. The zero-order chi connectivity index (χ0) is 16.0. The van der Waals surface area contributed by atoms with Crippen LogP contribution in [0.15, 0.2) is 60.7 Å². The van der Waals surface area contributed by atoms with Crippen LogP contribution in [0.2, 0.25) is 0 Å². The van der Waals surface area contributed by atoms with Crippen LogP contribution in [0.25, 0.3) is 0 Å². The number of aliphatic hydroxyl groups is 1. The van der Waals surface area contributed by atoms with Crippen molar-refractivity contribution >= 4 is 0 Å². The summed E-state index contributed by atoms with van der Waals surface area (Å²) in [5.41, 5.74) is 12.5. The van der Waals surface area contributed by atoms with Gasteiger partial charge >= 0.3 is 0 Å². The third kappa shape index (κ3) is 7.93. The molecule has 0 radical (unpaired) electrons. The number of rotatable bonds is 7. The first-order valence-electron chi connectivity index (χ1n) is 7.89. The lowest BCUT2D eigenvalue weighted by molar-refractivity contribution is 0.218. The summed E-state index contributed by atoms with van der Waals surface area (Å²) in [6.45, 7) is 1.46. The first kappa shape index (κ1) is 18.4. The van der Waals surface area contributed by atoms with Crippen LogP contribution in [0.1, 0.15) is 17.5 Å². The van der Waals surface area contributed by atoms with Crippen molar-refractivity contribution in [3.05, 3.63) is 71.8 Å². The van der Waals surface area contributed by atoms with Gasteiger partial charge in [0.2, 0.25) is 0 Å². The number of aryl methyl sites for hydroxylation is 1. The van der Waals surface area contributed by atoms with Gasteiger partial charge in [-0.15, -0.1) is 0 Å². The molecule has 2 aromatic rings. The molecular formula is C19H28N2O. The zero-order valence-corrected chi connectivity index (χ0v) is 13.2. The van der Waals surface area contributed by atoms with E-state index < -0.39 is 0 Å². The van der Waals surface area contributed by atoms with Crippen molar-refractivity contribution < 1.29 is 5.11 Å². The predicted octanol–water partition coefficient (Wildman–Crippen LogP) is 2.37. The SMILES string of the molecule is NCCN.OCC(CCc1ccccc1)Cc1ccccc1. The highest BCUT2D eigenvalue weighted by molar-refractivity contribution is 5.16. The fourth-order valence-corrected chi connectivity index (χ4v) is 2.22. The van der Waals surface area contributed by atoms with E-state index in [9.17, 15) is 5.11 Å². The van der Waals surface area contributed by atoms with Crippen molar-refractivity contribution in [3.8, 4) is 0 Å². The lowest BCUT2D eigenvalue weighted by Gasteiger charge is -2.14. The van der Waals surface area contributed by atoms with Gasteiger partial charge in [0.1, 0.15) is 0 Å². The maximum atomic E-state index is 9.47. The monoisotopic (exact) mass is 300 g/mol. The van der Waals surface area contributed by atoms with Crippen LogP contribution in [0, 0.1) is 5.92 Å². The van der Waals surface area contributed by atoms with Gasteiger partial charge in [-0.05, 0) is 36.3 Å². The highest BCUT2D eigenvalue weighted by atomic mass is 16.3. The van der Waals surface area contributed by atoms with Crippen LogP contribution in [-0.4, -0.2) is 24.8 Å². The van der Waals surface area contributed by atoms with Crippen molar-refractivity contribution in [3.63, 3.8) is 0 Å². The van der Waals surface area contributed by atoms with E-state index in [-0.39, 0.29) is 6.61 Å². The molecule has 0 amide bonds. The highest BCUT2D eigenvalue weighted by Crippen LogP contribution is 2.15. The van der Waals surface area contributed by atoms with E-state index in [0.717, 1.165) is 19.3 Å². The molecule has 0 aliphatic carbocycles. The summed E-state index contributed by atoms with van der Waals surface area (Å²) < 4.78 is 0. The maximum Gasteiger partial charge on any atom is 0.0462 e. The third-order valence-corrected chi connectivity index (χ3v) is 3.48. The molecule has 3 nitrogen and oxygen atoms in total. The molecule has 0 bridgehead atoms. The Labute approximate surface area is 134 Å². The Morgan fingerprint density at radius 3 is 1.73 bits per heavy atom. The second kappa shape index (κ2) is 11.9. The van der Waals surface area contributed by atoms with E-state index in [1.165, 1.54) is 11.1 Å². The van der Waals surface area contributed by atoms with Crippen molar-refractivity contribution in [1.29, 1.82) is 0 Å². The van der Waals surface area contributed by atoms with Gasteiger partial charge in [-0.2, -0.15) is 0 Å². The molecule has 0 aliphatic heterocycles. The molecule has 120 valence electrons. The molecule has 2 aromatic carbocycles. The summed E-state index contributed by atoms with van der Waals surface area (Å²) in [7, 11) is 0. The quantitative estimate of drug-likeness (QED) is 0.735. The second-order valence-corrected chi connectivity index (χ2v) is 5.34. The van der Waals surface area contributed by atoms with Crippen molar-refractivity contribution in [2.24, 2.45) is 17.4 Å². The molecule has 0 aliphatic rings. The first-order chi connectivity index (χ1) is 10.8. The van der Waals surface area contributed by atoms with Gasteiger partial charge in [-0.1, -0.05) is 60.7 Å². The van der Waals surface area contributed by atoms with Crippen LogP contribution >= 0.6 is 0 Å². The largest absolute Gasteiger partial charge is 0.396 e. The van der Waals surface area contributed by atoms with Crippen molar-refractivity contribution in [2.75, 3.05) is 19.7 Å². The fraction of sp³-hybridized carbons (Fsp3) is 0.368. The van der Waals surface area contributed by atoms with Gasteiger partial charge in [-0.3, -0.25) is 0 Å². The Balaban J connectivity index is 0.000000541. The molecule has 0 spiro atoms. The minimum atomic E-state index is 0.266. The lowest BCUT2D eigenvalue weighted by Crippen LogP contribution is -2.11. The van der Waals surface area contributed by atoms with E-state index in [1.54, 1.807) is 0 Å². The molecule has 0 fully saturated rings. The smallest absolute Gasteiger partial charge is 0.0462 e. The summed E-state index contributed by atoms with van der Waals surface area (Å²) in [5, 5.41) is 9.47. The standard InChI is InChI=1S/C17H20O.C2H8N2/c18-14-17(13-16-9-5-2-6-10-16)12-11-15-7-3-1-4-8-15;3-1-2-4/h1-10,17-18H,11-14H2;1-4H2. The topological polar surface area (TPSA) is 72.3 Å². The molecule has 0 aromatic heterocycles. The number of benzene rings is 2. The van der Waals surface area contributed by atoms with E-state index >= 15 is 0 Å². The normalized spacial score (nSPS) is 11.4. The number of hydrogen-bond donors (Lipinski definition) is 3. The fourth-order valence-electron chi connectivity index (χ4n) is 2.22. The molecular weight excluding hydrogens is 272 g/mol. The second-order valence-electron chi connectivity index (χ2n) is 5.34. The van der Waals surface area contributed by atoms with Gasteiger partial charge in [-0.25, -0.2) is 0 Å². The Kier molecular flexibility index (Phi) is 9.96. The Hall–Kier alpha value is -1.68. The van der Waals surface area contributed by atoms with Crippen LogP contribution in [0.4, 0.5) is 0 Å². The van der Waals surface area contributed by atoms with Crippen LogP contribution in [-0.2, 0) is 12.8 Å². The number of nitrogens with two attached hydrogens (primary N) is 2. The average molecular weight is 300 g/mol. The minimum Gasteiger partial charge on any atom is -0.396 e. The summed E-state index contributed by atoms with van der Waals surface area (Å²) in [6, 6.07) is 20.9. The van der Waals surface area contributed by atoms with Gasteiger partial charge in [0.05, 0.1) is 0 Å². The molecule has 5 N–H and O–H groups in total. The molecule has 2 rings (SSSR count). The van der Waals surface area contributed by atoms with Crippen LogP contribution in [0.3, 0.4) is 0 Å². The van der Waals surface area contributed by atoms with Crippen molar-refractivity contribution in [2.45, 2.75) is 19.3 Å². The van der Waals surface area contributed by atoms with Gasteiger partial charge in [0, 0.05) is 19.7 Å². The van der Waals surface area contributed by atoms with Gasteiger partial charge in [0.15, 0.2) is 0 Å². The van der Waals surface area contributed by atoms with Crippen LogP contribution in [0.5, 0.6) is 0 Å². The molecule has 1 atom stereocenters. The third-order valence-electron chi connectivity index (χ3n) is 3.48. The number of hydrogen-bond acceptors (Lipinski definition) is 3. The minimum absolute atomic E-state index is 0.266. The van der Waals surface area contributed by atoms with E-state index in [4.69, 9.17) is 11.5 Å². The van der Waals surface area contributed by atoms with E-state index in [0.29, 0.717) is 19.0 Å². The lowest BCUT2D eigenvalue weighted by atomic mass is 9.93. The summed E-state index contributed by atoms with van der Waals surface area (Å²) >= 11 is 0. The van der Waals surface area contributed by atoms with Crippen molar-refractivity contribution in [1.82, 2.24) is 0 Å². The highest BCUT2D eigenvalue weighted by Gasteiger charge is 2.08. The zero-order valence-electron chi connectivity index (χ0n) is 13.2. The number of aliphatic hydroxyl groups excluding tert-OH is 1. The average Bonchev–Trinajstić information content (AvgIpc) is 2.60. The molecule has 0 saturated heterocycles. The summed E-state index contributed by atoms with van der Waals surface area (Å²) in [6.07, 6.45) is 3.04. The first-order valence-corrected chi connectivity index (χ1v) is 7.89. The van der Waals surface area contributed by atoms with E-state index in [1.807, 2.05) is 12.1 Å². The molecule has 1 unspecified atom stereocenters. The summed E-state index contributed by atoms with van der Waals surface area (Å²) in [5.74, 6) is 0.354. The predicted molar refractivity (Wildman–Crippen MR) is 93.6 cm³/mol. The molecule has 22 heavy (non-hydrogen) atoms. The Morgan fingerprint density at radius 1 is 0.773 bits per heavy atom. The Morgan fingerprint density at radius 2 is 1.27 bits per heavy atom. The summed E-state index contributed by atoms with van der Waals surface area (Å²) in [4.78, 5) is 0. The van der Waals surface area contributed by atoms with Gasteiger partial charge in [0.25, 0.3) is 0 Å². The van der Waals surface area contributed by atoms with Crippen LogP contribution < -0.4 is 11.5 Å². The molecule has 3 heteroatoms.